The maximum absolute atomic E-state index is 12.5. The zero-order chi connectivity index (χ0) is 17.1. The molecule has 0 fully saturated rings. The molecule has 124 valence electrons. The van der Waals surface area contributed by atoms with Crippen molar-refractivity contribution in [1.29, 1.82) is 0 Å². The molecule has 0 radical (unpaired) electrons. The van der Waals surface area contributed by atoms with Gasteiger partial charge in [-0.2, -0.15) is 10.2 Å². The van der Waals surface area contributed by atoms with Gasteiger partial charge in [-0.25, -0.2) is 9.48 Å². The van der Waals surface area contributed by atoms with Gasteiger partial charge in [0.25, 0.3) is 0 Å². The summed E-state index contributed by atoms with van der Waals surface area (Å²) < 4.78 is 3.81. The fraction of sp³-hybridized carbons (Fsp3) is 0.429. The second kappa shape index (κ2) is 6.95. The smallest absolute Gasteiger partial charge is 0.354 e. The summed E-state index contributed by atoms with van der Waals surface area (Å²) in [6.45, 7) is 4.66. The van der Waals surface area contributed by atoms with E-state index in [2.05, 4.69) is 26.1 Å². The average molecular weight is 384 g/mol. The van der Waals surface area contributed by atoms with Crippen molar-refractivity contribution in [1.82, 2.24) is 24.5 Å². The summed E-state index contributed by atoms with van der Waals surface area (Å²) in [5, 5.41) is 17.4. The van der Waals surface area contributed by atoms with Crippen LogP contribution in [0.3, 0.4) is 0 Å². The molecule has 8 nitrogen and oxygen atoms in total. The number of carbonyl (C=O) groups excluding carboxylic acids is 1. The van der Waals surface area contributed by atoms with E-state index in [4.69, 9.17) is 5.11 Å². The van der Waals surface area contributed by atoms with Gasteiger partial charge in [0, 0.05) is 26.0 Å². The third-order valence-electron chi connectivity index (χ3n) is 3.49. The van der Waals surface area contributed by atoms with E-state index in [-0.39, 0.29) is 11.6 Å². The van der Waals surface area contributed by atoms with Gasteiger partial charge in [-0.05, 0) is 35.8 Å². The number of nitrogens with zero attached hydrogens (tertiary/aromatic N) is 5. The van der Waals surface area contributed by atoms with Crippen LogP contribution in [0.5, 0.6) is 0 Å². The molecule has 2 aromatic heterocycles. The number of aryl methyl sites for hydroxylation is 1. The van der Waals surface area contributed by atoms with Crippen molar-refractivity contribution < 1.29 is 14.7 Å². The molecule has 1 amide bonds. The van der Waals surface area contributed by atoms with E-state index >= 15 is 0 Å². The third-order valence-corrected chi connectivity index (χ3v) is 4.15. The lowest BCUT2D eigenvalue weighted by Crippen LogP contribution is -2.34. The van der Waals surface area contributed by atoms with E-state index < -0.39 is 12.0 Å². The molecule has 1 N–H and O–H groups in total. The van der Waals surface area contributed by atoms with E-state index in [9.17, 15) is 9.59 Å². The Kier molecular flexibility index (Phi) is 5.19. The lowest BCUT2D eigenvalue weighted by atomic mass is 10.2. The number of aromatic nitrogens is 4. The molecular formula is C14H18BrN5O3. The average Bonchev–Trinajstić information content (AvgIpc) is 3.13. The molecule has 0 aliphatic rings. The normalized spacial score (nSPS) is 12.2. The highest BCUT2D eigenvalue weighted by atomic mass is 79.9. The Hall–Kier alpha value is -2.16. The topological polar surface area (TPSA) is 93.2 Å². The fourth-order valence-electron chi connectivity index (χ4n) is 2.22. The molecule has 0 spiro atoms. The molecule has 0 bridgehead atoms. The summed E-state index contributed by atoms with van der Waals surface area (Å²) in [5.74, 6) is -1.36. The maximum Gasteiger partial charge on any atom is 0.354 e. The SMILES string of the molecule is CCn1cc(Br)c(CN(C)C(=O)C(C)n2nccc2C(=O)O)n1. The van der Waals surface area contributed by atoms with Crippen LogP contribution < -0.4 is 0 Å². The number of carboxylic acids is 1. The second-order valence-corrected chi connectivity index (χ2v) is 5.97. The van der Waals surface area contributed by atoms with Crippen molar-refractivity contribution in [3.8, 4) is 0 Å². The monoisotopic (exact) mass is 383 g/mol. The van der Waals surface area contributed by atoms with E-state index in [0.717, 1.165) is 16.7 Å². The molecule has 1 unspecified atom stereocenters. The van der Waals surface area contributed by atoms with E-state index in [1.54, 1.807) is 18.7 Å². The molecule has 0 aliphatic carbocycles. The standard InChI is InChI=1S/C14H18BrN5O3/c1-4-19-7-10(15)11(17-19)8-18(3)13(21)9(2)20-12(14(22)23)5-6-16-20/h5-7,9H,4,8H2,1-3H3,(H,22,23). The van der Waals surface area contributed by atoms with Crippen LogP contribution in [0, 0.1) is 0 Å². The van der Waals surface area contributed by atoms with E-state index in [1.807, 2.05) is 13.1 Å². The molecule has 0 aromatic carbocycles. The number of hydrogen-bond donors (Lipinski definition) is 1. The number of amides is 1. The highest BCUT2D eigenvalue weighted by Crippen LogP contribution is 2.18. The van der Waals surface area contributed by atoms with E-state index in [1.165, 1.54) is 21.8 Å². The summed E-state index contributed by atoms with van der Waals surface area (Å²) in [7, 11) is 1.65. The van der Waals surface area contributed by atoms with Crippen molar-refractivity contribution in [2.45, 2.75) is 33.0 Å². The molecular weight excluding hydrogens is 366 g/mol. The lowest BCUT2D eigenvalue weighted by Gasteiger charge is -2.21. The summed E-state index contributed by atoms with van der Waals surface area (Å²) in [6, 6.07) is 0.652. The molecule has 23 heavy (non-hydrogen) atoms. The van der Waals surface area contributed by atoms with Crippen LogP contribution in [0.15, 0.2) is 22.9 Å². The van der Waals surface area contributed by atoms with Gasteiger partial charge >= 0.3 is 5.97 Å². The van der Waals surface area contributed by atoms with Crippen molar-refractivity contribution >= 4 is 27.8 Å². The molecule has 2 aromatic rings. The number of carbonyl (C=O) groups is 2. The molecule has 9 heteroatoms. The minimum atomic E-state index is -1.12. The zero-order valence-corrected chi connectivity index (χ0v) is 14.7. The number of halogens is 1. The van der Waals surface area contributed by atoms with Gasteiger partial charge in [0.15, 0.2) is 0 Å². The predicted molar refractivity (Wildman–Crippen MR) is 86.0 cm³/mol. The largest absolute Gasteiger partial charge is 0.477 e. The van der Waals surface area contributed by atoms with Gasteiger partial charge < -0.3 is 10.0 Å². The van der Waals surface area contributed by atoms with Crippen LogP contribution in [-0.4, -0.2) is 48.5 Å². The number of likely N-dealkylation sites (N-methyl/N-ethyl adjacent to an activating group) is 1. The first kappa shape index (κ1) is 17.2. The third kappa shape index (κ3) is 3.61. The first-order valence-corrected chi connectivity index (χ1v) is 7.88. The predicted octanol–water partition coefficient (Wildman–Crippen LogP) is 1.78. The Morgan fingerprint density at radius 2 is 2.17 bits per heavy atom. The highest BCUT2D eigenvalue weighted by molar-refractivity contribution is 9.10. The fourth-order valence-corrected chi connectivity index (χ4v) is 2.67. The Balaban J connectivity index is 2.13. The Morgan fingerprint density at radius 3 is 2.74 bits per heavy atom. The van der Waals surface area contributed by atoms with Crippen LogP contribution in [0.25, 0.3) is 0 Å². The van der Waals surface area contributed by atoms with Crippen LogP contribution in [0.2, 0.25) is 0 Å². The van der Waals surface area contributed by atoms with Crippen LogP contribution in [0.1, 0.15) is 36.1 Å². The molecule has 0 saturated carbocycles. The van der Waals surface area contributed by atoms with Crippen LogP contribution in [-0.2, 0) is 17.9 Å². The van der Waals surface area contributed by atoms with Gasteiger partial charge in [0.1, 0.15) is 11.7 Å². The van der Waals surface area contributed by atoms with Crippen LogP contribution in [0.4, 0.5) is 0 Å². The summed E-state index contributed by atoms with van der Waals surface area (Å²) in [6.07, 6.45) is 3.22. The summed E-state index contributed by atoms with van der Waals surface area (Å²) >= 11 is 3.43. The number of rotatable bonds is 6. The van der Waals surface area contributed by atoms with Crippen molar-refractivity contribution in [3.63, 3.8) is 0 Å². The minimum Gasteiger partial charge on any atom is -0.477 e. The molecule has 2 rings (SSSR count). The van der Waals surface area contributed by atoms with Gasteiger partial charge in [0.2, 0.25) is 5.91 Å². The Bertz CT molecular complexity index is 724. The first-order valence-electron chi connectivity index (χ1n) is 7.08. The Labute approximate surface area is 141 Å². The van der Waals surface area contributed by atoms with Gasteiger partial charge in [-0.1, -0.05) is 0 Å². The van der Waals surface area contributed by atoms with Crippen molar-refractivity contribution in [3.05, 3.63) is 34.3 Å². The van der Waals surface area contributed by atoms with Gasteiger partial charge in [-0.3, -0.25) is 9.48 Å². The molecule has 2 heterocycles. The molecule has 0 aliphatic heterocycles. The highest BCUT2D eigenvalue weighted by Gasteiger charge is 2.25. The second-order valence-electron chi connectivity index (χ2n) is 5.12. The molecule has 1 atom stereocenters. The molecule has 0 saturated heterocycles. The number of aromatic carboxylic acids is 1. The van der Waals surface area contributed by atoms with E-state index in [0.29, 0.717) is 6.54 Å². The minimum absolute atomic E-state index is 0.0179. The van der Waals surface area contributed by atoms with Crippen molar-refractivity contribution in [2.24, 2.45) is 0 Å². The number of hydrogen-bond acceptors (Lipinski definition) is 4. The number of carboxylic acid groups (broad SMARTS) is 1. The van der Waals surface area contributed by atoms with Crippen LogP contribution >= 0.6 is 15.9 Å². The quantitative estimate of drug-likeness (QED) is 0.820. The van der Waals surface area contributed by atoms with Gasteiger partial charge in [0.05, 0.1) is 16.7 Å². The maximum atomic E-state index is 12.5. The lowest BCUT2D eigenvalue weighted by molar-refractivity contribution is -0.133. The first-order chi connectivity index (χ1) is 10.8. The van der Waals surface area contributed by atoms with Crippen molar-refractivity contribution in [2.75, 3.05) is 7.05 Å². The summed E-state index contributed by atoms with van der Waals surface area (Å²) in [4.78, 5) is 25.2. The zero-order valence-electron chi connectivity index (χ0n) is 13.1. The Morgan fingerprint density at radius 1 is 1.48 bits per heavy atom. The van der Waals surface area contributed by atoms with Gasteiger partial charge in [-0.15, -0.1) is 0 Å². The summed E-state index contributed by atoms with van der Waals surface area (Å²) in [5.41, 5.74) is 0.726.